The molecule has 0 bridgehead atoms. The lowest BCUT2D eigenvalue weighted by Crippen LogP contribution is -2.45. The van der Waals surface area contributed by atoms with Crippen molar-refractivity contribution in [3.05, 3.63) is 85.1 Å². The first kappa shape index (κ1) is 77.7. The summed E-state index contributed by atoms with van der Waals surface area (Å²) >= 11 is 0. The zero-order valence-electron chi connectivity index (χ0n) is 53.3. The topological polar surface area (TPSA) is 108 Å². The number of hydrogen-bond acceptors (Lipinski definition) is 6. The van der Waals surface area contributed by atoms with E-state index >= 15 is 0 Å². The molecule has 466 valence electrons. The molecule has 0 aromatic rings. The smallest absolute Gasteiger partial charge is 0.268 e. The summed E-state index contributed by atoms with van der Waals surface area (Å²) in [5.74, 6) is -0.199. The van der Waals surface area contributed by atoms with Crippen molar-refractivity contribution in [1.29, 1.82) is 0 Å². The Balaban J connectivity index is 4.12. The second kappa shape index (κ2) is 61.2. The summed E-state index contributed by atoms with van der Waals surface area (Å²) < 4.78 is 23.5. The number of phosphoric ester groups is 1. The lowest BCUT2D eigenvalue weighted by molar-refractivity contribution is -0.870. The summed E-state index contributed by atoms with van der Waals surface area (Å²) in [5, 5.41) is 14.0. The van der Waals surface area contributed by atoms with Gasteiger partial charge in [0.2, 0.25) is 5.91 Å². The predicted molar refractivity (Wildman–Crippen MR) is 348 cm³/mol. The highest BCUT2D eigenvalue weighted by atomic mass is 31.2. The van der Waals surface area contributed by atoms with Crippen molar-refractivity contribution in [2.75, 3.05) is 40.9 Å². The Kier molecular flexibility index (Phi) is 59.5. The number of rotatable bonds is 62. The van der Waals surface area contributed by atoms with Crippen molar-refractivity contribution in [3.8, 4) is 0 Å². The van der Waals surface area contributed by atoms with E-state index < -0.39 is 20.0 Å². The molecule has 0 saturated carbocycles. The molecule has 8 nitrogen and oxygen atoms in total. The highest BCUT2D eigenvalue weighted by Gasteiger charge is 2.23. The number of aliphatic hydroxyl groups excluding tert-OH is 1. The number of quaternary nitrogens is 1. The maximum atomic E-state index is 13.0. The van der Waals surface area contributed by atoms with Crippen LogP contribution in [0, 0.1) is 0 Å². The van der Waals surface area contributed by atoms with Crippen LogP contribution < -0.4 is 10.2 Å². The fourth-order valence-corrected chi connectivity index (χ4v) is 10.6. The SMILES string of the molecule is CC/C=C\C/C=C\C/C=C\C/C=C\C/C=C\C/C=C\CCCCCCCCCCCCCCC(=O)NC(COP(=O)([O-])OCC[N+](C)(C)C)C(O)/C=C/CCCCCCCCCCCCCCCCCCCCCCCCCCC. The van der Waals surface area contributed by atoms with Gasteiger partial charge in [-0.25, -0.2) is 0 Å². The van der Waals surface area contributed by atoms with Gasteiger partial charge in [-0.1, -0.05) is 317 Å². The van der Waals surface area contributed by atoms with E-state index in [1.54, 1.807) is 6.08 Å². The van der Waals surface area contributed by atoms with E-state index in [9.17, 15) is 19.4 Å². The molecule has 0 saturated heterocycles. The van der Waals surface area contributed by atoms with E-state index in [1.165, 1.54) is 212 Å². The predicted octanol–water partition coefficient (Wildman–Crippen LogP) is 20.9. The molecule has 0 rings (SSSR count). The average Bonchev–Trinajstić information content (AvgIpc) is 3.42. The molecule has 0 heterocycles. The third-order valence-corrected chi connectivity index (χ3v) is 16.1. The van der Waals surface area contributed by atoms with Gasteiger partial charge < -0.3 is 28.8 Å². The Labute approximate surface area is 497 Å². The summed E-state index contributed by atoms with van der Waals surface area (Å²) in [4.78, 5) is 25.6. The van der Waals surface area contributed by atoms with E-state index in [2.05, 4.69) is 92.1 Å². The van der Waals surface area contributed by atoms with Crippen LogP contribution in [0.15, 0.2) is 85.1 Å². The number of amides is 1. The molecule has 0 aromatic carbocycles. The monoisotopic (exact) mass is 1140 g/mol. The summed E-state index contributed by atoms with van der Waals surface area (Å²) in [6.07, 6.45) is 86.9. The number of nitrogens with one attached hydrogen (secondary N) is 1. The van der Waals surface area contributed by atoms with Crippen LogP contribution in [0.1, 0.15) is 309 Å². The van der Waals surface area contributed by atoms with Crippen molar-refractivity contribution in [2.45, 2.75) is 321 Å². The molecule has 1 amide bonds. The Morgan fingerprint density at radius 2 is 0.762 bits per heavy atom. The molecule has 0 aliphatic rings. The number of nitrogens with zero attached hydrogens (tertiary/aromatic N) is 1. The first-order valence-electron chi connectivity index (χ1n) is 33.9. The normalized spacial score (nSPS) is 14.2. The summed E-state index contributed by atoms with van der Waals surface area (Å²) in [6, 6.07) is -0.894. The van der Waals surface area contributed by atoms with Crippen molar-refractivity contribution in [1.82, 2.24) is 5.32 Å². The van der Waals surface area contributed by atoms with Gasteiger partial charge in [0.05, 0.1) is 39.9 Å². The molecule has 0 radical (unpaired) electrons. The van der Waals surface area contributed by atoms with E-state index in [0.717, 1.165) is 77.0 Å². The molecule has 0 aromatic heterocycles. The highest BCUT2D eigenvalue weighted by molar-refractivity contribution is 7.45. The number of unbranched alkanes of at least 4 members (excludes halogenated alkanes) is 37. The van der Waals surface area contributed by atoms with Gasteiger partial charge in [0.25, 0.3) is 7.82 Å². The first-order chi connectivity index (χ1) is 39.0. The van der Waals surface area contributed by atoms with Crippen LogP contribution >= 0.6 is 7.82 Å². The van der Waals surface area contributed by atoms with Crippen LogP contribution in [-0.2, 0) is 18.4 Å². The molecule has 9 heteroatoms. The lowest BCUT2D eigenvalue weighted by atomic mass is 10.0. The van der Waals surface area contributed by atoms with Crippen molar-refractivity contribution < 1.29 is 32.9 Å². The number of likely N-dealkylation sites (N-methyl/N-ethyl adjacent to an activating group) is 1. The third-order valence-electron chi connectivity index (χ3n) is 15.1. The summed E-state index contributed by atoms with van der Waals surface area (Å²) in [7, 11) is 1.26. The molecule has 0 aliphatic heterocycles. The zero-order chi connectivity index (χ0) is 58.4. The van der Waals surface area contributed by atoms with Crippen molar-refractivity contribution in [3.63, 3.8) is 0 Å². The van der Waals surface area contributed by atoms with Gasteiger partial charge in [-0.2, -0.15) is 0 Å². The number of phosphoric acid groups is 1. The molecule has 0 fully saturated rings. The van der Waals surface area contributed by atoms with Gasteiger partial charge in [-0.05, 0) is 70.6 Å². The molecule has 3 unspecified atom stereocenters. The van der Waals surface area contributed by atoms with Gasteiger partial charge in [0, 0.05) is 6.42 Å². The third kappa shape index (κ3) is 63.3. The Morgan fingerprint density at radius 1 is 0.450 bits per heavy atom. The molecule has 0 aliphatic carbocycles. The number of aliphatic hydroxyl groups is 1. The molecular formula is C71H131N2O6P. The summed E-state index contributed by atoms with van der Waals surface area (Å²) in [5.41, 5.74) is 0. The van der Waals surface area contributed by atoms with Gasteiger partial charge in [-0.15, -0.1) is 0 Å². The fraction of sp³-hybridized carbons (Fsp3) is 0.789. The van der Waals surface area contributed by atoms with Crippen LogP contribution in [0.2, 0.25) is 0 Å². The van der Waals surface area contributed by atoms with Gasteiger partial charge in [0.15, 0.2) is 0 Å². The minimum atomic E-state index is -4.61. The van der Waals surface area contributed by atoms with Crippen LogP contribution in [0.5, 0.6) is 0 Å². The fourth-order valence-electron chi connectivity index (χ4n) is 9.87. The standard InChI is InChI=1S/C71H131N2O6P/c1-6-8-10-12-14-16-18-20-22-24-26-28-30-32-34-35-36-37-39-41-43-45-47-49-51-53-55-57-59-61-63-65-71(75)72-69(68-79-80(76,77)78-67-66-73(3,4)5)70(74)64-62-60-58-56-54-52-50-48-46-44-42-40-38-33-31-29-27-25-23-21-19-17-15-13-11-9-7-2/h8,10,14,16,20,22,26,28,32,34,36-37,62,64,69-70,74H,6-7,9,11-13,15,17-19,21,23-25,27,29-31,33,35,38-61,63,65-68H2,1-5H3,(H-,72,75,76,77)/b10-8-,16-14-,22-20-,28-26-,34-32-,37-36-,64-62+. The molecule has 2 N–H and O–H groups in total. The molecule has 0 spiro atoms. The highest BCUT2D eigenvalue weighted by Crippen LogP contribution is 2.38. The second-order valence-electron chi connectivity index (χ2n) is 24.2. The molecule has 80 heavy (non-hydrogen) atoms. The van der Waals surface area contributed by atoms with Crippen molar-refractivity contribution in [2.24, 2.45) is 0 Å². The Hall–Kier alpha value is -2.32. The molecular weight excluding hydrogens is 1010 g/mol. The van der Waals surface area contributed by atoms with Gasteiger partial charge in [-0.3, -0.25) is 9.36 Å². The van der Waals surface area contributed by atoms with E-state index in [1.807, 2.05) is 27.2 Å². The Morgan fingerprint density at radius 3 is 1.11 bits per heavy atom. The average molecular weight is 1140 g/mol. The minimum absolute atomic E-state index is 0.00376. The number of carbonyl (C=O) groups is 1. The zero-order valence-corrected chi connectivity index (χ0v) is 54.2. The first-order valence-corrected chi connectivity index (χ1v) is 35.4. The van der Waals surface area contributed by atoms with E-state index in [4.69, 9.17) is 9.05 Å². The van der Waals surface area contributed by atoms with E-state index in [-0.39, 0.29) is 19.1 Å². The summed E-state index contributed by atoms with van der Waals surface area (Å²) in [6.45, 7) is 4.57. The number of hydrogen-bond donors (Lipinski definition) is 2. The largest absolute Gasteiger partial charge is 0.756 e. The van der Waals surface area contributed by atoms with Crippen LogP contribution in [0.4, 0.5) is 0 Å². The maximum absolute atomic E-state index is 13.0. The van der Waals surface area contributed by atoms with Crippen LogP contribution in [0.3, 0.4) is 0 Å². The minimum Gasteiger partial charge on any atom is -0.756 e. The van der Waals surface area contributed by atoms with Crippen LogP contribution in [0.25, 0.3) is 0 Å². The van der Waals surface area contributed by atoms with E-state index in [0.29, 0.717) is 17.4 Å². The lowest BCUT2D eigenvalue weighted by Gasteiger charge is -2.29. The molecule has 3 atom stereocenters. The number of carbonyl (C=O) groups excluding carboxylic acids is 1. The Bertz CT molecular complexity index is 1580. The van der Waals surface area contributed by atoms with Crippen molar-refractivity contribution >= 4 is 13.7 Å². The van der Waals surface area contributed by atoms with Crippen LogP contribution in [-0.4, -0.2) is 68.5 Å². The van der Waals surface area contributed by atoms with Gasteiger partial charge in [0.1, 0.15) is 13.2 Å². The number of allylic oxidation sites excluding steroid dienone is 13. The quantitative estimate of drug-likeness (QED) is 0.0272. The maximum Gasteiger partial charge on any atom is 0.268 e. The van der Waals surface area contributed by atoms with Gasteiger partial charge >= 0.3 is 0 Å². The second-order valence-corrected chi connectivity index (χ2v) is 25.6.